The van der Waals surface area contributed by atoms with Crippen LogP contribution >= 0.6 is 0 Å². The zero-order valence-electron chi connectivity index (χ0n) is 14.7. The first-order valence-electron chi connectivity index (χ1n) is 9.17. The van der Waals surface area contributed by atoms with Crippen molar-refractivity contribution in [3.05, 3.63) is 54.1 Å². The van der Waals surface area contributed by atoms with Crippen molar-refractivity contribution >= 4 is 5.91 Å². The van der Waals surface area contributed by atoms with Crippen LogP contribution in [0.2, 0.25) is 0 Å². The number of amides is 1. The van der Waals surface area contributed by atoms with Crippen LogP contribution in [-0.4, -0.2) is 52.8 Å². The predicted molar refractivity (Wildman–Crippen MR) is 100.0 cm³/mol. The van der Waals surface area contributed by atoms with Crippen LogP contribution in [0, 0.1) is 5.92 Å². The number of likely N-dealkylation sites (tertiary alicyclic amines) is 1. The van der Waals surface area contributed by atoms with Crippen molar-refractivity contribution in [2.24, 2.45) is 5.92 Å². The van der Waals surface area contributed by atoms with Gasteiger partial charge in [-0.05, 0) is 54.8 Å². The Morgan fingerprint density at radius 2 is 1.69 bits per heavy atom. The maximum Gasteiger partial charge on any atom is 0.253 e. The number of phenols is 1. The monoisotopic (exact) mass is 352 g/mol. The molecule has 2 aromatic carbocycles. The largest absolute Gasteiger partial charge is 0.508 e. The lowest BCUT2D eigenvalue weighted by Gasteiger charge is -2.47. The first-order valence-corrected chi connectivity index (χ1v) is 9.17. The van der Waals surface area contributed by atoms with Gasteiger partial charge in [0.15, 0.2) is 0 Å². The van der Waals surface area contributed by atoms with E-state index in [9.17, 15) is 15.0 Å². The molecule has 2 fully saturated rings. The van der Waals surface area contributed by atoms with Crippen LogP contribution in [0.25, 0.3) is 11.1 Å². The van der Waals surface area contributed by atoms with E-state index in [2.05, 4.69) is 5.32 Å². The number of benzene rings is 2. The molecule has 2 aromatic rings. The highest BCUT2D eigenvalue weighted by Gasteiger charge is 2.43. The second-order valence-electron chi connectivity index (χ2n) is 7.38. The number of carbonyl (C=O) groups excluding carboxylic acids is 1. The molecule has 2 saturated heterocycles. The fraction of sp³-hybridized carbons (Fsp3) is 0.381. The predicted octanol–water partition coefficient (Wildman–Crippen LogP) is 2.25. The normalized spacial score (nSPS) is 25.6. The molecule has 3 N–H and O–H groups in total. The Labute approximate surface area is 153 Å². The van der Waals surface area contributed by atoms with Gasteiger partial charge in [-0.15, -0.1) is 0 Å². The van der Waals surface area contributed by atoms with Crippen molar-refractivity contribution in [1.82, 2.24) is 10.2 Å². The number of phenolic OH excluding ortho intramolecular Hbond substituents is 1. The minimum absolute atomic E-state index is 0.0230. The molecule has 0 aliphatic carbocycles. The van der Waals surface area contributed by atoms with E-state index in [0.717, 1.165) is 30.6 Å². The molecule has 1 amide bonds. The number of hydrogen-bond donors (Lipinski definition) is 3. The molecule has 4 rings (SSSR count). The minimum Gasteiger partial charge on any atom is -0.508 e. The van der Waals surface area contributed by atoms with Gasteiger partial charge in [0.05, 0.1) is 5.60 Å². The fourth-order valence-corrected chi connectivity index (χ4v) is 4.05. The molecule has 136 valence electrons. The van der Waals surface area contributed by atoms with E-state index in [-0.39, 0.29) is 17.6 Å². The van der Waals surface area contributed by atoms with Gasteiger partial charge >= 0.3 is 0 Å². The fourth-order valence-electron chi connectivity index (χ4n) is 4.05. The van der Waals surface area contributed by atoms with Gasteiger partial charge in [0, 0.05) is 31.1 Å². The summed E-state index contributed by atoms with van der Waals surface area (Å²) >= 11 is 0. The number of nitrogens with zero attached hydrogens (tertiary/aromatic N) is 1. The molecule has 0 spiro atoms. The lowest BCUT2D eigenvalue weighted by molar-refractivity contribution is -0.0817. The molecule has 2 aliphatic heterocycles. The highest BCUT2D eigenvalue weighted by atomic mass is 16.3. The Hall–Kier alpha value is -2.37. The van der Waals surface area contributed by atoms with Crippen LogP contribution in [0.1, 0.15) is 23.2 Å². The maximum atomic E-state index is 12.9. The molecule has 26 heavy (non-hydrogen) atoms. The van der Waals surface area contributed by atoms with E-state index in [1.165, 1.54) is 0 Å². The molecular weight excluding hydrogens is 328 g/mol. The third-order valence-electron chi connectivity index (χ3n) is 5.76. The molecule has 0 aromatic heterocycles. The molecule has 0 radical (unpaired) electrons. The first-order chi connectivity index (χ1) is 12.5. The number of carbonyl (C=O) groups is 1. The van der Waals surface area contributed by atoms with Gasteiger partial charge in [-0.3, -0.25) is 4.79 Å². The van der Waals surface area contributed by atoms with Gasteiger partial charge in [0.25, 0.3) is 5.91 Å². The summed E-state index contributed by atoms with van der Waals surface area (Å²) in [6.07, 6.45) is 1.41. The molecule has 5 nitrogen and oxygen atoms in total. The van der Waals surface area contributed by atoms with E-state index in [1.54, 1.807) is 12.1 Å². The lowest BCUT2D eigenvalue weighted by atomic mass is 9.76. The Balaban J connectivity index is 1.47. The highest BCUT2D eigenvalue weighted by molar-refractivity contribution is 5.94. The Morgan fingerprint density at radius 1 is 1.04 bits per heavy atom. The molecule has 2 heterocycles. The van der Waals surface area contributed by atoms with Gasteiger partial charge in [-0.25, -0.2) is 0 Å². The summed E-state index contributed by atoms with van der Waals surface area (Å²) in [5.74, 6) is 0.364. The van der Waals surface area contributed by atoms with E-state index in [0.29, 0.717) is 25.1 Å². The quantitative estimate of drug-likeness (QED) is 0.775. The minimum atomic E-state index is -0.620. The summed E-state index contributed by atoms with van der Waals surface area (Å²) in [6, 6.07) is 14.6. The highest BCUT2D eigenvalue weighted by Crippen LogP contribution is 2.33. The van der Waals surface area contributed by atoms with Crippen LogP contribution in [0.15, 0.2) is 48.5 Å². The Bertz CT molecular complexity index is 788. The van der Waals surface area contributed by atoms with Gasteiger partial charge in [0.2, 0.25) is 0 Å². The zero-order valence-corrected chi connectivity index (χ0v) is 14.7. The summed E-state index contributed by atoms with van der Waals surface area (Å²) in [4.78, 5) is 14.7. The van der Waals surface area contributed by atoms with Crippen LogP contribution in [-0.2, 0) is 0 Å². The molecule has 5 heteroatoms. The van der Waals surface area contributed by atoms with Gasteiger partial charge in [0.1, 0.15) is 5.75 Å². The molecule has 0 bridgehead atoms. The second-order valence-corrected chi connectivity index (χ2v) is 7.38. The second kappa shape index (κ2) is 6.74. The number of rotatable bonds is 2. The summed E-state index contributed by atoms with van der Waals surface area (Å²) < 4.78 is 0. The third-order valence-corrected chi connectivity index (χ3v) is 5.76. The van der Waals surface area contributed by atoms with Gasteiger partial charge in [-0.2, -0.15) is 0 Å². The number of piperidine rings is 2. The zero-order chi connectivity index (χ0) is 18.1. The number of nitrogens with one attached hydrogen (secondary N) is 1. The van der Waals surface area contributed by atoms with Crippen molar-refractivity contribution in [2.75, 3.05) is 26.2 Å². The van der Waals surface area contributed by atoms with Crippen LogP contribution in [0.3, 0.4) is 0 Å². The van der Waals surface area contributed by atoms with Crippen molar-refractivity contribution in [2.45, 2.75) is 18.4 Å². The smallest absolute Gasteiger partial charge is 0.253 e. The SMILES string of the molecule is O=C(c1ccc(-c2ccc(O)cc2)cc1)N1CC[C@@]2(O)CCNC[C@H]2C1. The average Bonchev–Trinajstić information content (AvgIpc) is 2.67. The van der Waals surface area contributed by atoms with Gasteiger partial charge in [-0.1, -0.05) is 24.3 Å². The molecule has 0 saturated carbocycles. The molecule has 2 atom stereocenters. The topological polar surface area (TPSA) is 72.8 Å². The summed E-state index contributed by atoms with van der Waals surface area (Å²) in [6.45, 7) is 2.81. The molecular formula is C21H24N2O3. The van der Waals surface area contributed by atoms with E-state index >= 15 is 0 Å². The van der Waals surface area contributed by atoms with E-state index in [1.807, 2.05) is 41.3 Å². The number of hydrogen-bond acceptors (Lipinski definition) is 4. The number of aliphatic hydroxyl groups is 1. The Kier molecular flexibility index (Phi) is 4.42. The summed E-state index contributed by atoms with van der Waals surface area (Å²) in [5.41, 5.74) is 2.05. The summed E-state index contributed by atoms with van der Waals surface area (Å²) in [7, 11) is 0. The lowest BCUT2D eigenvalue weighted by Crippen LogP contribution is -2.59. The molecule has 2 aliphatic rings. The van der Waals surface area contributed by atoms with Crippen molar-refractivity contribution in [1.29, 1.82) is 0 Å². The van der Waals surface area contributed by atoms with Crippen LogP contribution < -0.4 is 5.32 Å². The maximum absolute atomic E-state index is 12.9. The van der Waals surface area contributed by atoms with Crippen LogP contribution in [0.5, 0.6) is 5.75 Å². The van der Waals surface area contributed by atoms with Crippen molar-refractivity contribution in [3.8, 4) is 16.9 Å². The van der Waals surface area contributed by atoms with E-state index < -0.39 is 5.60 Å². The standard InChI is InChI=1S/C21H24N2O3/c24-19-7-5-16(6-8-19)15-1-3-17(4-2-15)20(25)23-12-10-21(26)9-11-22-13-18(21)14-23/h1-8,18,22,24,26H,9-14H2/t18-,21-/m0/s1. The number of fused-ring (bicyclic) bond motifs is 1. The van der Waals surface area contributed by atoms with E-state index in [4.69, 9.17) is 0 Å². The van der Waals surface area contributed by atoms with Crippen molar-refractivity contribution in [3.63, 3.8) is 0 Å². The van der Waals surface area contributed by atoms with Crippen molar-refractivity contribution < 1.29 is 15.0 Å². The molecule has 0 unspecified atom stereocenters. The first kappa shape index (κ1) is 17.1. The van der Waals surface area contributed by atoms with Crippen LogP contribution in [0.4, 0.5) is 0 Å². The average molecular weight is 352 g/mol. The Morgan fingerprint density at radius 3 is 2.38 bits per heavy atom. The number of aromatic hydroxyl groups is 1. The third kappa shape index (κ3) is 3.20. The van der Waals surface area contributed by atoms with Gasteiger partial charge < -0.3 is 20.4 Å². The summed E-state index contributed by atoms with van der Waals surface area (Å²) in [5, 5.41) is 23.5.